The third-order valence-electron chi connectivity index (χ3n) is 4.45. The minimum absolute atomic E-state index is 0.261. The van der Waals surface area contributed by atoms with E-state index in [2.05, 4.69) is 0 Å². The van der Waals surface area contributed by atoms with Crippen molar-refractivity contribution in [3.8, 4) is 22.6 Å². The fourth-order valence-electron chi connectivity index (χ4n) is 3.41. The summed E-state index contributed by atoms with van der Waals surface area (Å²) in [6, 6.07) is 22.2. The molecule has 0 unspecified atom stereocenters. The first-order valence-corrected chi connectivity index (χ1v) is 8.53. The largest absolute Gasteiger partial charge is 0.426 e. The maximum absolute atomic E-state index is 11.5. The standard InChI is InChI=1S/C24H14O4/c1-15(25)27-21-13-11-17-7-3-5-9-19(17)23(21)24-20-10-6-4-8-18(20)12-14-22(24)28-16(2)26/h1-14H. The first kappa shape index (κ1) is 17.7. The molecule has 0 bridgehead atoms. The highest BCUT2D eigenvalue weighted by Gasteiger charge is 2.20. The zero-order valence-electron chi connectivity index (χ0n) is 14.7. The maximum Gasteiger partial charge on any atom is 0.316 e. The average Bonchev–Trinajstić information content (AvgIpc) is 2.67. The van der Waals surface area contributed by atoms with Crippen LogP contribution in [0.25, 0.3) is 32.7 Å². The Morgan fingerprint density at radius 2 is 0.964 bits per heavy atom. The van der Waals surface area contributed by atoms with Gasteiger partial charge in [-0.3, -0.25) is 9.59 Å². The number of benzene rings is 4. The minimum atomic E-state index is -0.936. The molecule has 0 spiro atoms. The van der Waals surface area contributed by atoms with E-state index >= 15 is 0 Å². The molecule has 0 saturated carbocycles. The summed E-state index contributed by atoms with van der Waals surface area (Å²) < 4.78 is 10.6. The van der Waals surface area contributed by atoms with E-state index in [-0.39, 0.29) is 11.5 Å². The van der Waals surface area contributed by atoms with Crippen molar-refractivity contribution >= 4 is 33.5 Å². The minimum Gasteiger partial charge on any atom is -0.426 e. The summed E-state index contributed by atoms with van der Waals surface area (Å²) in [5, 5.41) is 3.47. The van der Waals surface area contributed by atoms with E-state index in [0.29, 0.717) is 11.1 Å². The molecule has 0 N–H and O–H groups in total. The van der Waals surface area contributed by atoms with E-state index in [4.69, 9.17) is 23.3 Å². The van der Waals surface area contributed by atoms with Gasteiger partial charge in [-0.1, -0.05) is 60.7 Å². The second-order valence-electron chi connectivity index (χ2n) is 6.16. The van der Waals surface area contributed by atoms with Crippen LogP contribution in [0.5, 0.6) is 11.5 Å². The Morgan fingerprint density at radius 3 is 1.36 bits per heavy atom. The highest BCUT2D eigenvalue weighted by Crippen LogP contribution is 2.45. The van der Waals surface area contributed by atoms with Crippen LogP contribution in [0.15, 0.2) is 72.8 Å². The van der Waals surface area contributed by atoms with Crippen molar-refractivity contribution in [3.05, 3.63) is 86.6 Å². The molecule has 28 heavy (non-hydrogen) atoms. The highest BCUT2D eigenvalue weighted by molar-refractivity contribution is 6.10. The van der Waals surface area contributed by atoms with Gasteiger partial charge in [0.2, 0.25) is 0 Å². The third kappa shape index (κ3) is 3.21. The predicted octanol–water partition coefficient (Wildman–Crippen LogP) is 4.89. The molecule has 0 aliphatic carbocycles. The van der Waals surface area contributed by atoms with Crippen LogP contribution in [-0.2, 0) is 9.59 Å². The average molecular weight is 366 g/mol. The smallest absolute Gasteiger partial charge is 0.316 e. The number of hydrogen-bond donors (Lipinski definition) is 0. The molecule has 0 fully saturated rings. The summed E-state index contributed by atoms with van der Waals surface area (Å²) in [6.45, 7) is 10.6. The first-order valence-electron chi connectivity index (χ1n) is 8.53. The highest BCUT2D eigenvalue weighted by atomic mass is 16.5. The summed E-state index contributed by atoms with van der Waals surface area (Å²) in [5.74, 6) is -1.35. The molecule has 4 aromatic carbocycles. The SMILES string of the molecule is [CH]C(=O)Oc1ccc2ccccc2c1-c1c(OC([CH])=O)ccc2ccccc12. The lowest BCUT2D eigenvalue weighted by Crippen LogP contribution is -2.06. The molecule has 4 nitrogen and oxygen atoms in total. The molecule has 0 aliphatic rings. The molecular weight excluding hydrogens is 352 g/mol. The van der Waals surface area contributed by atoms with Gasteiger partial charge in [-0.2, -0.15) is 0 Å². The van der Waals surface area contributed by atoms with Crippen molar-refractivity contribution in [1.82, 2.24) is 0 Å². The monoisotopic (exact) mass is 366 g/mol. The van der Waals surface area contributed by atoms with Gasteiger partial charge in [-0.25, -0.2) is 0 Å². The number of carbonyl (C=O) groups excluding carboxylic acids is 2. The quantitative estimate of drug-likeness (QED) is 0.383. The molecule has 0 aromatic heterocycles. The van der Waals surface area contributed by atoms with Crippen LogP contribution >= 0.6 is 0 Å². The second kappa shape index (κ2) is 7.16. The van der Waals surface area contributed by atoms with E-state index < -0.39 is 11.9 Å². The van der Waals surface area contributed by atoms with E-state index in [9.17, 15) is 9.59 Å². The first-order chi connectivity index (χ1) is 13.5. The molecule has 4 rings (SSSR count). The fourth-order valence-corrected chi connectivity index (χ4v) is 3.41. The van der Waals surface area contributed by atoms with Gasteiger partial charge < -0.3 is 9.47 Å². The van der Waals surface area contributed by atoms with E-state index in [1.54, 1.807) is 12.1 Å². The second-order valence-corrected chi connectivity index (χ2v) is 6.16. The van der Waals surface area contributed by atoms with Crippen molar-refractivity contribution in [2.45, 2.75) is 0 Å². The number of ether oxygens (including phenoxy) is 2. The topological polar surface area (TPSA) is 52.6 Å². The van der Waals surface area contributed by atoms with Gasteiger partial charge >= 0.3 is 11.9 Å². The van der Waals surface area contributed by atoms with E-state index in [1.807, 2.05) is 60.7 Å². The third-order valence-corrected chi connectivity index (χ3v) is 4.45. The van der Waals surface area contributed by atoms with Gasteiger partial charge in [0.05, 0.1) is 13.8 Å². The van der Waals surface area contributed by atoms with Crippen LogP contribution < -0.4 is 9.47 Å². The molecular formula is C24H14O4. The van der Waals surface area contributed by atoms with E-state index in [0.717, 1.165) is 21.5 Å². The Hall–Kier alpha value is -3.66. The number of carbonyl (C=O) groups is 2. The molecule has 4 heteroatoms. The van der Waals surface area contributed by atoms with Crippen LogP contribution in [0.4, 0.5) is 0 Å². The summed E-state index contributed by atoms with van der Waals surface area (Å²) >= 11 is 0. The number of esters is 2. The number of hydrogen-bond acceptors (Lipinski definition) is 4. The zero-order chi connectivity index (χ0) is 19.7. The van der Waals surface area contributed by atoms with Gasteiger partial charge in [-0.15, -0.1) is 0 Å². The molecule has 0 amide bonds. The van der Waals surface area contributed by atoms with Gasteiger partial charge in [-0.05, 0) is 33.7 Å². The van der Waals surface area contributed by atoms with Crippen molar-refractivity contribution in [2.75, 3.05) is 0 Å². The van der Waals surface area contributed by atoms with Crippen molar-refractivity contribution in [2.24, 2.45) is 0 Å². The number of fused-ring (bicyclic) bond motifs is 2. The predicted molar refractivity (Wildman–Crippen MR) is 107 cm³/mol. The van der Waals surface area contributed by atoms with Crippen LogP contribution in [0.3, 0.4) is 0 Å². The molecule has 0 saturated heterocycles. The van der Waals surface area contributed by atoms with Gasteiger partial charge in [0.1, 0.15) is 11.5 Å². The lowest BCUT2D eigenvalue weighted by atomic mass is 9.92. The van der Waals surface area contributed by atoms with Gasteiger partial charge in [0.25, 0.3) is 0 Å². The van der Waals surface area contributed by atoms with Crippen molar-refractivity contribution in [1.29, 1.82) is 0 Å². The molecule has 134 valence electrons. The van der Waals surface area contributed by atoms with Crippen molar-refractivity contribution < 1.29 is 19.1 Å². The molecule has 0 aliphatic heterocycles. The van der Waals surface area contributed by atoms with E-state index in [1.165, 1.54) is 0 Å². The summed E-state index contributed by atoms with van der Waals surface area (Å²) in [6.07, 6.45) is 0. The lowest BCUT2D eigenvalue weighted by molar-refractivity contribution is -0.130. The summed E-state index contributed by atoms with van der Waals surface area (Å²) in [5.41, 5.74) is 1.18. The number of rotatable bonds is 3. The molecule has 4 radical (unpaired) electrons. The zero-order valence-corrected chi connectivity index (χ0v) is 14.7. The van der Waals surface area contributed by atoms with Crippen LogP contribution in [0.2, 0.25) is 0 Å². The Morgan fingerprint density at radius 1 is 0.571 bits per heavy atom. The maximum atomic E-state index is 11.5. The molecule has 0 atom stereocenters. The van der Waals surface area contributed by atoms with Crippen LogP contribution in [0, 0.1) is 13.8 Å². The van der Waals surface area contributed by atoms with Crippen molar-refractivity contribution in [3.63, 3.8) is 0 Å². The Kier molecular flexibility index (Phi) is 4.53. The van der Waals surface area contributed by atoms with Gasteiger partial charge in [0, 0.05) is 11.1 Å². The Bertz CT molecular complexity index is 1130. The summed E-state index contributed by atoms with van der Waals surface area (Å²) in [7, 11) is 0. The summed E-state index contributed by atoms with van der Waals surface area (Å²) in [4.78, 5) is 23.0. The van der Waals surface area contributed by atoms with Gasteiger partial charge in [0.15, 0.2) is 0 Å². The Balaban J connectivity index is 2.16. The lowest BCUT2D eigenvalue weighted by Gasteiger charge is -2.17. The Labute approximate surface area is 162 Å². The van der Waals surface area contributed by atoms with Crippen LogP contribution in [0.1, 0.15) is 0 Å². The molecule has 4 aromatic rings. The molecule has 0 heterocycles. The van der Waals surface area contributed by atoms with Crippen LogP contribution in [-0.4, -0.2) is 11.9 Å². The normalized spacial score (nSPS) is 10.8. The fraction of sp³-hybridized carbons (Fsp3) is 0.